The van der Waals surface area contributed by atoms with Crippen LogP contribution in [0.5, 0.6) is 0 Å². The van der Waals surface area contributed by atoms with Crippen molar-refractivity contribution >= 4 is 19.7 Å². The summed E-state index contributed by atoms with van der Waals surface area (Å²) >= 11 is 0. The van der Waals surface area contributed by atoms with Gasteiger partial charge in [0, 0.05) is 12.8 Å². The zero-order chi connectivity index (χ0) is 64.2. The zero-order valence-corrected chi connectivity index (χ0v) is 59.9. The SMILES string of the molecule is CCCCC/C=C\C/C=C\C/C=C\C/C=C\CCCCCCCCCCCC(=O)OC(/C=C/CCCCCCCCCCCC)C(COP(=O)(O)OCC[N+](C)(C)C)NC(=O)CCCCCCCCCCCCCCCCC/C=C/CCCCCCCC. The number of amides is 1. The number of carbonyl (C=O) groups excluding carboxylic acids is 2. The minimum atomic E-state index is -4.46. The zero-order valence-electron chi connectivity index (χ0n) is 59.0. The van der Waals surface area contributed by atoms with Crippen LogP contribution in [0, 0.1) is 0 Å². The molecule has 0 aromatic carbocycles. The Kier molecular flexibility index (Phi) is 65.4. The molecule has 1 amide bonds. The fourth-order valence-electron chi connectivity index (χ4n) is 11.0. The lowest BCUT2D eigenvalue weighted by atomic mass is 10.0. The lowest BCUT2D eigenvalue weighted by Gasteiger charge is -2.27. The molecule has 9 nitrogen and oxygen atoms in total. The summed E-state index contributed by atoms with van der Waals surface area (Å²) in [6.07, 6.45) is 89.2. The fraction of sp³-hybridized carbons (Fsp3) is 0.821. The first-order valence-corrected chi connectivity index (χ1v) is 39.3. The summed E-state index contributed by atoms with van der Waals surface area (Å²) in [6.45, 7) is 7.02. The number of hydrogen-bond donors (Lipinski definition) is 2. The van der Waals surface area contributed by atoms with Crippen molar-refractivity contribution in [2.75, 3.05) is 40.9 Å². The van der Waals surface area contributed by atoms with Crippen molar-refractivity contribution in [2.45, 2.75) is 373 Å². The van der Waals surface area contributed by atoms with E-state index in [4.69, 9.17) is 13.8 Å². The van der Waals surface area contributed by atoms with Crippen LogP contribution in [0.15, 0.2) is 72.9 Å². The van der Waals surface area contributed by atoms with E-state index in [0.717, 1.165) is 83.5 Å². The quantitative estimate of drug-likeness (QED) is 0.0205. The molecular weight excluding hydrogens is 1110 g/mol. The number of nitrogens with one attached hydrogen (secondary N) is 1. The Hall–Kier alpha value is -2.55. The summed E-state index contributed by atoms with van der Waals surface area (Å²) in [6, 6.07) is -0.854. The van der Waals surface area contributed by atoms with Crippen molar-refractivity contribution in [3.05, 3.63) is 72.9 Å². The maximum atomic E-state index is 13.6. The van der Waals surface area contributed by atoms with Gasteiger partial charge in [0.05, 0.1) is 33.8 Å². The molecule has 0 radical (unpaired) electrons. The smallest absolute Gasteiger partial charge is 0.456 e. The molecular formula is C78H146N2O7P+. The van der Waals surface area contributed by atoms with Gasteiger partial charge >= 0.3 is 13.8 Å². The topological polar surface area (TPSA) is 111 Å². The number of quaternary nitrogens is 1. The second-order valence-electron chi connectivity index (χ2n) is 26.8. The molecule has 514 valence electrons. The van der Waals surface area contributed by atoms with Crippen molar-refractivity contribution in [1.82, 2.24) is 5.32 Å². The fourth-order valence-corrected chi connectivity index (χ4v) is 11.8. The van der Waals surface area contributed by atoms with Gasteiger partial charge in [0.25, 0.3) is 0 Å². The highest BCUT2D eigenvalue weighted by Crippen LogP contribution is 2.43. The molecule has 0 aromatic heterocycles. The molecule has 0 bridgehead atoms. The van der Waals surface area contributed by atoms with Crippen molar-refractivity contribution in [3.8, 4) is 0 Å². The van der Waals surface area contributed by atoms with E-state index in [2.05, 4.69) is 86.8 Å². The Bertz CT molecular complexity index is 1730. The van der Waals surface area contributed by atoms with Gasteiger partial charge in [-0.05, 0) is 102 Å². The molecule has 0 aromatic rings. The van der Waals surface area contributed by atoms with Crippen LogP contribution in [0.4, 0.5) is 0 Å². The molecule has 0 saturated heterocycles. The van der Waals surface area contributed by atoms with Crippen LogP contribution in [0.3, 0.4) is 0 Å². The van der Waals surface area contributed by atoms with Crippen LogP contribution in [-0.2, 0) is 27.9 Å². The van der Waals surface area contributed by atoms with E-state index in [1.165, 1.54) is 244 Å². The second kappa shape index (κ2) is 67.3. The Morgan fingerprint density at radius 3 is 1.07 bits per heavy atom. The van der Waals surface area contributed by atoms with Crippen molar-refractivity contribution in [2.24, 2.45) is 0 Å². The van der Waals surface area contributed by atoms with Gasteiger partial charge in [-0.3, -0.25) is 18.6 Å². The predicted molar refractivity (Wildman–Crippen MR) is 383 cm³/mol. The lowest BCUT2D eigenvalue weighted by molar-refractivity contribution is -0.870. The highest BCUT2D eigenvalue weighted by Gasteiger charge is 2.30. The lowest BCUT2D eigenvalue weighted by Crippen LogP contribution is -2.47. The number of unbranched alkanes of at least 4 members (excludes halogenated alkanes) is 43. The van der Waals surface area contributed by atoms with Gasteiger partial charge in [-0.2, -0.15) is 0 Å². The van der Waals surface area contributed by atoms with Gasteiger partial charge in [0.15, 0.2) is 0 Å². The molecule has 10 heteroatoms. The second-order valence-corrected chi connectivity index (χ2v) is 28.3. The van der Waals surface area contributed by atoms with Crippen LogP contribution in [0.1, 0.15) is 361 Å². The van der Waals surface area contributed by atoms with E-state index in [9.17, 15) is 19.0 Å². The molecule has 0 spiro atoms. The summed E-state index contributed by atoms with van der Waals surface area (Å²) < 4.78 is 30.9. The number of hydrogen-bond acceptors (Lipinski definition) is 6. The molecule has 3 unspecified atom stereocenters. The van der Waals surface area contributed by atoms with E-state index in [1.807, 2.05) is 33.3 Å². The summed E-state index contributed by atoms with van der Waals surface area (Å²) in [5.74, 6) is -0.499. The summed E-state index contributed by atoms with van der Waals surface area (Å²) in [4.78, 5) is 38.0. The predicted octanol–water partition coefficient (Wildman–Crippen LogP) is 24.3. The van der Waals surface area contributed by atoms with Crippen LogP contribution >= 0.6 is 7.82 Å². The number of phosphoric ester groups is 1. The number of ether oxygens (including phenoxy) is 1. The Labute approximate surface area is 546 Å². The molecule has 0 heterocycles. The van der Waals surface area contributed by atoms with Gasteiger partial charge in [-0.1, -0.05) is 319 Å². The molecule has 0 aliphatic carbocycles. The van der Waals surface area contributed by atoms with Crippen LogP contribution in [0.25, 0.3) is 0 Å². The first-order chi connectivity index (χ1) is 42.9. The average Bonchev–Trinajstić information content (AvgIpc) is 3.52. The Morgan fingerprint density at radius 1 is 0.398 bits per heavy atom. The molecule has 0 rings (SSSR count). The van der Waals surface area contributed by atoms with E-state index in [1.54, 1.807) is 0 Å². The van der Waals surface area contributed by atoms with Gasteiger partial charge < -0.3 is 19.4 Å². The molecule has 3 atom stereocenters. The highest BCUT2D eigenvalue weighted by molar-refractivity contribution is 7.47. The van der Waals surface area contributed by atoms with E-state index < -0.39 is 20.0 Å². The molecule has 88 heavy (non-hydrogen) atoms. The molecule has 0 saturated carbocycles. The molecule has 0 aliphatic rings. The minimum Gasteiger partial charge on any atom is -0.456 e. The van der Waals surface area contributed by atoms with Gasteiger partial charge in [-0.25, -0.2) is 4.57 Å². The third kappa shape index (κ3) is 67.8. The van der Waals surface area contributed by atoms with Crippen molar-refractivity contribution < 1.29 is 37.3 Å². The number of nitrogens with zero attached hydrogens (tertiary/aromatic N) is 1. The number of carbonyl (C=O) groups is 2. The number of rotatable bonds is 69. The summed E-state index contributed by atoms with van der Waals surface area (Å²) in [5, 5.41) is 3.08. The number of allylic oxidation sites excluding steroid dienone is 11. The molecule has 2 N–H and O–H groups in total. The van der Waals surface area contributed by atoms with E-state index in [0.29, 0.717) is 17.4 Å². The Balaban J connectivity index is 5.00. The summed E-state index contributed by atoms with van der Waals surface area (Å²) in [7, 11) is 1.50. The average molecular weight is 1260 g/mol. The van der Waals surface area contributed by atoms with Crippen LogP contribution < -0.4 is 5.32 Å². The Morgan fingerprint density at radius 2 is 0.693 bits per heavy atom. The first kappa shape index (κ1) is 85.5. The standard InChI is InChI=1S/C78H145N2O7P/c1-7-10-13-16-19-22-25-28-30-32-34-36-38-40-42-44-46-48-50-52-55-58-61-64-67-70-77(81)79-75(74-86-88(83,84)85-73-72-80(4,5)6)76(69-66-63-60-57-54-27-24-21-18-15-12-9-3)87-78(82)71-68-65-62-59-56-53-51-49-47-45-43-41-39-37-35-33-31-29-26-23-20-17-14-11-8-2/h20,23,28-31,35,37,41,43,66,69,75-76H,7-19,21-22,24-27,32-34,36,38-40,42,44-65,67-68,70-74H2,1-6H3,(H-,79,81,83,84)/p+1/b23-20-,30-28+,31-29-,37-35-,43-41-,69-66+. The highest BCUT2D eigenvalue weighted by atomic mass is 31.2. The third-order valence-corrected chi connectivity index (χ3v) is 17.9. The van der Waals surface area contributed by atoms with Gasteiger partial charge in [0.2, 0.25) is 5.91 Å². The maximum absolute atomic E-state index is 13.6. The number of likely N-dealkylation sites (N-methyl/N-ethyl adjacent to an activating group) is 1. The van der Waals surface area contributed by atoms with Gasteiger partial charge in [0.1, 0.15) is 19.3 Å². The third-order valence-electron chi connectivity index (χ3n) is 16.9. The summed E-state index contributed by atoms with van der Waals surface area (Å²) in [5.41, 5.74) is 0. The van der Waals surface area contributed by atoms with Crippen molar-refractivity contribution in [3.63, 3.8) is 0 Å². The van der Waals surface area contributed by atoms with E-state index in [-0.39, 0.29) is 31.5 Å². The molecule has 0 aliphatic heterocycles. The van der Waals surface area contributed by atoms with Gasteiger partial charge in [-0.15, -0.1) is 0 Å². The normalized spacial score (nSPS) is 13.9. The monoisotopic (exact) mass is 1250 g/mol. The number of phosphoric acid groups is 1. The van der Waals surface area contributed by atoms with Crippen LogP contribution in [0.2, 0.25) is 0 Å². The first-order valence-electron chi connectivity index (χ1n) is 37.8. The minimum absolute atomic E-state index is 0.0386. The van der Waals surface area contributed by atoms with E-state index >= 15 is 0 Å². The number of esters is 1. The largest absolute Gasteiger partial charge is 0.472 e. The maximum Gasteiger partial charge on any atom is 0.472 e. The van der Waals surface area contributed by atoms with Crippen LogP contribution in [-0.4, -0.2) is 74.3 Å². The van der Waals surface area contributed by atoms with Crippen molar-refractivity contribution in [1.29, 1.82) is 0 Å². The molecule has 0 fully saturated rings.